The maximum Gasteiger partial charge on any atom is 0.416 e. The average Bonchev–Trinajstić information content (AvgIpc) is 3.02. The number of fused-ring (bicyclic) bond motifs is 2. The maximum atomic E-state index is 13.8. The van der Waals surface area contributed by atoms with E-state index in [1.807, 2.05) is 55.3 Å². The number of nitrogens with one attached hydrogen (secondary N) is 2. The van der Waals surface area contributed by atoms with Crippen molar-refractivity contribution in [2.24, 2.45) is 5.92 Å². The highest BCUT2D eigenvalue weighted by molar-refractivity contribution is 6.08. The first-order chi connectivity index (χ1) is 21.9. The zero-order valence-corrected chi connectivity index (χ0v) is 25.8. The Hall–Kier alpha value is -4.61. The average molecular weight is 635 g/mol. The van der Waals surface area contributed by atoms with Crippen molar-refractivity contribution in [2.45, 2.75) is 38.7 Å². The molecule has 11 heteroatoms. The molecule has 3 atom stereocenters. The van der Waals surface area contributed by atoms with E-state index in [-0.39, 0.29) is 29.7 Å². The Bertz CT molecular complexity index is 1690. The van der Waals surface area contributed by atoms with E-state index in [9.17, 15) is 27.9 Å². The number of ether oxygens (including phenoxy) is 1. The van der Waals surface area contributed by atoms with E-state index in [4.69, 9.17) is 4.74 Å². The molecule has 46 heavy (non-hydrogen) atoms. The molecule has 1 aliphatic heterocycles. The standard InChI is InChI=1S/C35H37F3N4O4/c1-22-18-42(23(2)21-43)33(44)28-11-7-13-30(40-34(45)39-29-12-6-9-25-8-4-5-10-27(25)29)32(28)46-31(22)20-41(3)19-24-14-16-26(17-15-24)35(36,37)38/h4-17,22-23,31,43H,18-21H2,1-3H3,(H2,39,40,45)/t22-,23+,31-/m0/s1. The number of aliphatic hydroxyl groups excluding tert-OH is 1. The Balaban J connectivity index is 1.41. The fourth-order valence-corrected chi connectivity index (χ4v) is 5.65. The smallest absolute Gasteiger partial charge is 0.416 e. The largest absolute Gasteiger partial charge is 0.486 e. The number of anilines is 2. The lowest BCUT2D eigenvalue weighted by Gasteiger charge is -2.38. The molecule has 0 spiro atoms. The highest BCUT2D eigenvalue weighted by Gasteiger charge is 2.35. The Labute approximate surface area is 265 Å². The van der Waals surface area contributed by atoms with Crippen molar-refractivity contribution in [2.75, 3.05) is 37.4 Å². The number of amides is 3. The van der Waals surface area contributed by atoms with Gasteiger partial charge in [0.05, 0.1) is 35.2 Å². The van der Waals surface area contributed by atoms with E-state index in [2.05, 4.69) is 10.6 Å². The van der Waals surface area contributed by atoms with Crippen molar-refractivity contribution in [1.82, 2.24) is 9.80 Å². The number of nitrogens with zero attached hydrogens (tertiary/aromatic N) is 2. The molecule has 3 amide bonds. The zero-order chi connectivity index (χ0) is 33.0. The van der Waals surface area contributed by atoms with Gasteiger partial charge in [-0.3, -0.25) is 9.69 Å². The van der Waals surface area contributed by atoms with Gasteiger partial charge in [-0.15, -0.1) is 0 Å². The molecular weight excluding hydrogens is 597 g/mol. The molecule has 0 saturated heterocycles. The summed E-state index contributed by atoms with van der Waals surface area (Å²) in [6.07, 6.45) is -4.89. The van der Waals surface area contributed by atoms with Crippen LogP contribution < -0.4 is 15.4 Å². The van der Waals surface area contributed by atoms with Crippen molar-refractivity contribution in [1.29, 1.82) is 0 Å². The quantitative estimate of drug-likeness (QED) is 0.197. The number of hydrogen-bond donors (Lipinski definition) is 3. The molecule has 8 nitrogen and oxygen atoms in total. The minimum atomic E-state index is -4.41. The Morgan fingerprint density at radius 3 is 2.37 bits per heavy atom. The SMILES string of the molecule is C[C@H](CO)N1C[C@H](C)[C@H](CN(C)Cc2ccc(C(F)(F)F)cc2)Oc2c(NC(=O)Nc3cccc4ccccc34)cccc2C1=O. The molecule has 5 rings (SSSR count). The number of para-hydroxylation sites is 1. The molecule has 1 heterocycles. The summed E-state index contributed by atoms with van der Waals surface area (Å²) in [6.45, 7) is 4.50. The Kier molecular flexibility index (Phi) is 9.83. The minimum absolute atomic E-state index is 0.204. The number of likely N-dealkylation sites (N-methyl/N-ethyl adjacent to an activating group) is 1. The van der Waals surface area contributed by atoms with E-state index >= 15 is 0 Å². The molecular formula is C35H37F3N4O4. The summed E-state index contributed by atoms with van der Waals surface area (Å²) in [4.78, 5) is 30.6. The van der Waals surface area contributed by atoms with E-state index in [1.54, 1.807) is 36.1 Å². The number of alkyl halides is 3. The summed E-state index contributed by atoms with van der Waals surface area (Å²) in [7, 11) is 1.84. The van der Waals surface area contributed by atoms with Gasteiger partial charge in [-0.25, -0.2) is 4.79 Å². The van der Waals surface area contributed by atoms with Crippen LogP contribution in [0.4, 0.5) is 29.3 Å². The number of hydrogen-bond acceptors (Lipinski definition) is 5. The number of urea groups is 1. The van der Waals surface area contributed by atoms with Gasteiger partial charge < -0.3 is 25.4 Å². The van der Waals surface area contributed by atoms with Gasteiger partial charge >= 0.3 is 12.2 Å². The van der Waals surface area contributed by atoms with Crippen molar-refractivity contribution in [3.63, 3.8) is 0 Å². The molecule has 0 saturated carbocycles. The normalized spacial score (nSPS) is 17.6. The Morgan fingerprint density at radius 1 is 1.00 bits per heavy atom. The summed E-state index contributed by atoms with van der Waals surface area (Å²) < 4.78 is 45.7. The van der Waals surface area contributed by atoms with Crippen molar-refractivity contribution >= 4 is 34.1 Å². The number of halogens is 3. The highest BCUT2D eigenvalue weighted by atomic mass is 19.4. The lowest BCUT2D eigenvalue weighted by atomic mass is 9.98. The molecule has 4 aromatic rings. The number of aliphatic hydroxyl groups is 1. The van der Waals surface area contributed by atoms with Crippen molar-refractivity contribution in [3.05, 3.63) is 102 Å². The molecule has 0 bridgehead atoms. The summed E-state index contributed by atoms with van der Waals surface area (Å²) >= 11 is 0. The van der Waals surface area contributed by atoms with Crippen molar-refractivity contribution < 1.29 is 32.6 Å². The lowest BCUT2D eigenvalue weighted by molar-refractivity contribution is -0.137. The number of carbonyl (C=O) groups excluding carboxylic acids is 2. The zero-order valence-electron chi connectivity index (χ0n) is 25.8. The van der Waals surface area contributed by atoms with Crippen LogP contribution in [0.3, 0.4) is 0 Å². The van der Waals surface area contributed by atoms with E-state index in [1.165, 1.54) is 12.1 Å². The third kappa shape index (κ3) is 7.43. The van der Waals surface area contributed by atoms with Crippen LogP contribution in [0, 0.1) is 5.92 Å². The van der Waals surface area contributed by atoms with Crippen LogP contribution in [-0.4, -0.2) is 65.7 Å². The summed E-state index contributed by atoms with van der Waals surface area (Å²) in [5.74, 6) is -0.341. The lowest BCUT2D eigenvalue weighted by Crippen LogP contribution is -2.49. The number of rotatable bonds is 8. The third-order valence-electron chi connectivity index (χ3n) is 8.20. The van der Waals surface area contributed by atoms with E-state index < -0.39 is 29.9 Å². The first-order valence-corrected chi connectivity index (χ1v) is 15.1. The molecule has 0 unspecified atom stereocenters. The molecule has 242 valence electrons. The van der Waals surface area contributed by atoms with Gasteiger partial charge in [0.2, 0.25) is 0 Å². The topological polar surface area (TPSA) is 94.1 Å². The predicted octanol–water partition coefficient (Wildman–Crippen LogP) is 6.85. The van der Waals surface area contributed by atoms with Gasteiger partial charge in [0.25, 0.3) is 5.91 Å². The van der Waals surface area contributed by atoms with E-state index in [0.717, 1.165) is 22.9 Å². The highest BCUT2D eigenvalue weighted by Crippen LogP contribution is 2.35. The van der Waals surface area contributed by atoms with Crippen LogP contribution in [-0.2, 0) is 12.7 Å². The first-order valence-electron chi connectivity index (χ1n) is 15.1. The minimum Gasteiger partial charge on any atom is -0.486 e. The number of benzene rings is 4. The summed E-state index contributed by atoms with van der Waals surface area (Å²) in [5, 5.41) is 17.6. The second-order valence-corrected chi connectivity index (χ2v) is 11.8. The second kappa shape index (κ2) is 13.8. The van der Waals surface area contributed by atoms with E-state index in [0.29, 0.717) is 36.6 Å². The van der Waals surface area contributed by atoms with Gasteiger partial charge in [-0.2, -0.15) is 13.2 Å². The van der Waals surface area contributed by atoms with Crippen LogP contribution in [0.15, 0.2) is 84.9 Å². The first kappa shape index (κ1) is 32.8. The van der Waals surface area contributed by atoms with Gasteiger partial charge in [-0.1, -0.05) is 61.5 Å². The van der Waals surface area contributed by atoms with Crippen molar-refractivity contribution in [3.8, 4) is 5.75 Å². The van der Waals surface area contributed by atoms with Crippen LogP contribution in [0.2, 0.25) is 0 Å². The van der Waals surface area contributed by atoms with Crippen LogP contribution >= 0.6 is 0 Å². The fourth-order valence-electron chi connectivity index (χ4n) is 5.65. The molecule has 3 N–H and O–H groups in total. The van der Waals surface area contributed by atoms with Gasteiger partial charge in [0.15, 0.2) is 5.75 Å². The maximum absolute atomic E-state index is 13.8. The summed E-state index contributed by atoms with van der Waals surface area (Å²) in [6, 6.07) is 22.3. The van der Waals surface area contributed by atoms with Crippen LogP contribution in [0.25, 0.3) is 10.8 Å². The molecule has 0 aliphatic carbocycles. The fraction of sp³-hybridized carbons (Fsp3) is 0.314. The third-order valence-corrected chi connectivity index (χ3v) is 8.20. The van der Waals surface area contributed by atoms with Gasteiger partial charge in [0.1, 0.15) is 6.10 Å². The summed E-state index contributed by atoms with van der Waals surface area (Å²) in [5.41, 5.74) is 1.15. The van der Waals surface area contributed by atoms with Crippen LogP contribution in [0.5, 0.6) is 5.75 Å². The molecule has 1 aliphatic rings. The van der Waals surface area contributed by atoms with Gasteiger partial charge in [0, 0.05) is 30.9 Å². The molecule has 0 fully saturated rings. The molecule has 4 aromatic carbocycles. The molecule has 0 radical (unpaired) electrons. The van der Waals surface area contributed by atoms with Crippen LogP contribution in [0.1, 0.15) is 35.3 Å². The predicted molar refractivity (Wildman–Crippen MR) is 172 cm³/mol. The Morgan fingerprint density at radius 2 is 1.65 bits per heavy atom. The number of carbonyl (C=O) groups is 2. The second-order valence-electron chi connectivity index (χ2n) is 11.8. The van der Waals surface area contributed by atoms with Gasteiger partial charge in [-0.05, 0) is 55.3 Å². The monoisotopic (exact) mass is 634 g/mol. The molecule has 0 aromatic heterocycles.